The van der Waals surface area contributed by atoms with Crippen LogP contribution in [0.2, 0.25) is 0 Å². The second-order valence-electron chi connectivity index (χ2n) is 6.81. The van der Waals surface area contributed by atoms with Gasteiger partial charge in [-0.15, -0.1) is 5.10 Å². The Hall–Kier alpha value is -4.18. The highest BCUT2D eigenvalue weighted by molar-refractivity contribution is 7.15. The van der Waals surface area contributed by atoms with E-state index in [4.69, 9.17) is 0 Å². The molecule has 0 spiro atoms. The molecule has 0 atom stereocenters. The molecule has 9 nitrogen and oxygen atoms in total. The first kappa shape index (κ1) is 18.8. The Morgan fingerprint density at radius 1 is 1.16 bits per heavy atom. The second kappa shape index (κ2) is 7.58. The van der Waals surface area contributed by atoms with Crippen LogP contribution < -0.4 is 10.1 Å². The lowest BCUT2D eigenvalue weighted by Gasteiger charge is -1.99. The van der Waals surface area contributed by atoms with Crippen LogP contribution in [0.4, 0.5) is 5.69 Å². The summed E-state index contributed by atoms with van der Waals surface area (Å²) in [6.45, 7) is 0. The van der Waals surface area contributed by atoms with Gasteiger partial charge in [-0.2, -0.15) is 9.61 Å². The molecular formula is C21H14N6O3S. The molecule has 2 aromatic carbocycles. The van der Waals surface area contributed by atoms with Gasteiger partial charge in [0.05, 0.1) is 21.3 Å². The van der Waals surface area contributed by atoms with Crippen LogP contribution in [0.15, 0.2) is 65.6 Å². The number of benzene rings is 2. The Labute approximate surface area is 178 Å². The van der Waals surface area contributed by atoms with Crippen molar-refractivity contribution in [3.8, 4) is 11.3 Å². The lowest BCUT2D eigenvalue weighted by Crippen LogP contribution is -2.23. The van der Waals surface area contributed by atoms with Crippen molar-refractivity contribution in [1.29, 1.82) is 0 Å². The fourth-order valence-corrected chi connectivity index (χ4v) is 4.20. The molecule has 0 fully saturated rings. The smallest absolute Gasteiger partial charge is 0.277 e. The third-order valence-electron chi connectivity index (χ3n) is 4.73. The van der Waals surface area contributed by atoms with Crippen LogP contribution in [0.3, 0.4) is 0 Å². The molecule has 0 saturated heterocycles. The Kier molecular flexibility index (Phi) is 4.60. The van der Waals surface area contributed by atoms with Crippen molar-refractivity contribution in [1.82, 2.24) is 24.8 Å². The first-order chi connectivity index (χ1) is 15.1. The van der Waals surface area contributed by atoms with E-state index in [9.17, 15) is 14.9 Å². The number of nitro groups is 1. The predicted molar refractivity (Wildman–Crippen MR) is 116 cm³/mol. The van der Waals surface area contributed by atoms with E-state index in [1.807, 2.05) is 30.3 Å². The lowest BCUT2D eigenvalue weighted by molar-refractivity contribution is -0.384. The van der Waals surface area contributed by atoms with E-state index in [2.05, 4.69) is 20.3 Å². The normalized spacial score (nSPS) is 11.9. The summed E-state index contributed by atoms with van der Waals surface area (Å²) >= 11 is 1.24. The van der Waals surface area contributed by atoms with Crippen molar-refractivity contribution < 1.29 is 4.92 Å². The third-order valence-corrected chi connectivity index (χ3v) is 5.69. The van der Waals surface area contributed by atoms with Crippen molar-refractivity contribution in [3.05, 3.63) is 103 Å². The minimum absolute atomic E-state index is 0.0210. The van der Waals surface area contributed by atoms with Crippen LogP contribution >= 0.6 is 11.3 Å². The van der Waals surface area contributed by atoms with Crippen molar-refractivity contribution >= 4 is 28.1 Å². The number of rotatable bonds is 5. The molecule has 5 rings (SSSR count). The summed E-state index contributed by atoms with van der Waals surface area (Å²) in [7, 11) is 0. The number of H-pyrrole nitrogens is 1. The minimum Gasteiger partial charge on any atom is -0.277 e. The maximum absolute atomic E-state index is 12.8. The molecule has 0 bridgehead atoms. The van der Waals surface area contributed by atoms with Crippen molar-refractivity contribution in [3.63, 3.8) is 0 Å². The maximum Gasteiger partial charge on any atom is 0.291 e. The molecule has 0 radical (unpaired) electrons. The highest BCUT2D eigenvalue weighted by atomic mass is 32.1. The van der Waals surface area contributed by atoms with Gasteiger partial charge in [-0.3, -0.25) is 20.0 Å². The van der Waals surface area contributed by atoms with Gasteiger partial charge in [-0.05, 0) is 11.6 Å². The quantitative estimate of drug-likeness (QED) is 0.338. The van der Waals surface area contributed by atoms with Crippen LogP contribution in [0.25, 0.3) is 22.3 Å². The average molecular weight is 430 g/mol. The van der Waals surface area contributed by atoms with E-state index in [1.54, 1.807) is 24.4 Å². The standard InChI is InChI=1S/C21H14N6O3S/c28-20-17(31-21-23-18(25-26(20)21)9-13-5-2-1-3-6-13)11-15-12-22-24-19(15)14-7-4-8-16(10-14)27(29)30/h1-8,10-12H,9H2,(H,22,24)/b17-11-. The molecule has 0 unspecified atom stereocenters. The van der Waals surface area contributed by atoms with E-state index in [0.717, 1.165) is 5.56 Å². The molecule has 3 aromatic heterocycles. The fraction of sp³-hybridized carbons (Fsp3) is 0.0476. The third kappa shape index (κ3) is 3.60. The number of nitro benzene ring substituents is 1. The Bertz CT molecular complexity index is 1520. The summed E-state index contributed by atoms with van der Waals surface area (Å²) in [4.78, 5) is 28.4. The van der Waals surface area contributed by atoms with Gasteiger partial charge in [-0.1, -0.05) is 53.8 Å². The number of nitrogens with one attached hydrogen (secondary N) is 1. The molecule has 31 heavy (non-hydrogen) atoms. The Balaban J connectivity index is 1.52. The molecular weight excluding hydrogens is 416 g/mol. The molecule has 0 aliphatic heterocycles. The van der Waals surface area contributed by atoms with E-state index in [-0.39, 0.29) is 11.2 Å². The van der Waals surface area contributed by atoms with Gasteiger partial charge >= 0.3 is 0 Å². The van der Waals surface area contributed by atoms with Gasteiger partial charge in [0.2, 0.25) is 4.96 Å². The number of nitrogens with zero attached hydrogens (tertiary/aromatic N) is 5. The van der Waals surface area contributed by atoms with E-state index < -0.39 is 4.92 Å². The van der Waals surface area contributed by atoms with Crippen molar-refractivity contribution in [2.24, 2.45) is 0 Å². The first-order valence-corrected chi connectivity index (χ1v) is 10.1. The molecule has 0 amide bonds. The predicted octanol–water partition coefficient (Wildman–Crippen LogP) is 2.59. The zero-order chi connectivity index (χ0) is 21.4. The summed E-state index contributed by atoms with van der Waals surface area (Å²) in [6.07, 6.45) is 3.81. The van der Waals surface area contributed by atoms with Crippen LogP contribution in [-0.4, -0.2) is 29.7 Å². The summed E-state index contributed by atoms with van der Waals surface area (Å²) < 4.78 is 1.76. The van der Waals surface area contributed by atoms with Crippen LogP contribution in [0.1, 0.15) is 17.0 Å². The SMILES string of the molecule is O=c1/c(=C/c2cn[nH]c2-c2cccc([N+](=O)[O-])c2)sc2nc(Cc3ccccc3)nn12. The Morgan fingerprint density at radius 2 is 2.00 bits per heavy atom. The van der Waals surface area contributed by atoms with Gasteiger partial charge in [0, 0.05) is 29.7 Å². The van der Waals surface area contributed by atoms with Crippen LogP contribution in [0, 0.1) is 10.1 Å². The van der Waals surface area contributed by atoms with Gasteiger partial charge in [0.1, 0.15) is 0 Å². The average Bonchev–Trinajstić information content (AvgIpc) is 3.46. The number of hydrogen-bond donors (Lipinski definition) is 1. The zero-order valence-electron chi connectivity index (χ0n) is 15.9. The molecule has 0 aliphatic carbocycles. The van der Waals surface area contributed by atoms with Crippen molar-refractivity contribution in [2.45, 2.75) is 6.42 Å². The van der Waals surface area contributed by atoms with E-state index in [1.165, 1.54) is 28.0 Å². The van der Waals surface area contributed by atoms with Crippen LogP contribution in [-0.2, 0) is 6.42 Å². The number of aromatic nitrogens is 5. The molecule has 10 heteroatoms. The largest absolute Gasteiger partial charge is 0.291 e. The summed E-state index contributed by atoms with van der Waals surface area (Å²) in [5, 5.41) is 22.3. The number of non-ortho nitro benzene ring substituents is 1. The molecule has 152 valence electrons. The molecule has 1 N–H and O–H groups in total. The van der Waals surface area contributed by atoms with Gasteiger partial charge in [-0.25, -0.2) is 4.98 Å². The van der Waals surface area contributed by atoms with Crippen molar-refractivity contribution in [2.75, 3.05) is 0 Å². The fourth-order valence-electron chi connectivity index (χ4n) is 3.28. The minimum atomic E-state index is -0.452. The molecule has 0 saturated carbocycles. The number of aromatic amines is 1. The number of fused-ring (bicyclic) bond motifs is 1. The lowest BCUT2D eigenvalue weighted by atomic mass is 10.1. The summed E-state index contributed by atoms with van der Waals surface area (Å²) in [6, 6.07) is 16.0. The zero-order valence-corrected chi connectivity index (χ0v) is 16.7. The monoisotopic (exact) mass is 430 g/mol. The van der Waals surface area contributed by atoms with Crippen LogP contribution in [0.5, 0.6) is 0 Å². The number of thiazole rings is 1. The highest BCUT2D eigenvalue weighted by Crippen LogP contribution is 2.25. The van der Waals surface area contributed by atoms with E-state index in [0.29, 0.717) is 38.6 Å². The summed E-state index contributed by atoms with van der Waals surface area (Å²) in [5.41, 5.74) is 2.62. The second-order valence-corrected chi connectivity index (χ2v) is 7.82. The topological polar surface area (TPSA) is 119 Å². The molecule has 3 heterocycles. The molecule has 5 aromatic rings. The van der Waals surface area contributed by atoms with Gasteiger partial charge in [0.25, 0.3) is 11.2 Å². The highest BCUT2D eigenvalue weighted by Gasteiger charge is 2.14. The first-order valence-electron chi connectivity index (χ1n) is 9.31. The number of hydrogen-bond acceptors (Lipinski definition) is 7. The van der Waals surface area contributed by atoms with Gasteiger partial charge in [0.15, 0.2) is 5.82 Å². The van der Waals surface area contributed by atoms with Gasteiger partial charge < -0.3 is 0 Å². The van der Waals surface area contributed by atoms with E-state index >= 15 is 0 Å². The maximum atomic E-state index is 12.8. The molecule has 0 aliphatic rings. The Morgan fingerprint density at radius 3 is 2.77 bits per heavy atom. The summed E-state index contributed by atoms with van der Waals surface area (Å²) in [5.74, 6) is 0.585.